The smallest absolute Gasteiger partial charge is 0.240 e. The van der Waals surface area contributed by atoms with Gasteiger partial charge in [0.05, 0.1) is 10.8 Å². The first-order valence-corrected chi connectivity index (χ1v) is 9.94. The van der Waals surface area contributed by atoms with Crippen LogP contribution in [0.25, 0.3) is 0 Å². The summed E-state index contributed by atoms with van der Waals surface area (Å²) in [5, 5.41) is 2.72. The molecule has 0 aromatic heterocycles. The molecule has 0 saturated carbocycles. The van der Waals surface area contributed by atoms with Gasteiger partial charge in [0.2, 0.25) is 15.9 Å². The van der Waals surface area contributed by atoms with E-state index in [-0.39, 0.29) is 36.3 Å². The Morgan fingerprint density at radius 1 is 1.04 bits per heavy atom. The topological polar surface area (TPSA) is 101 Å². The Morgan fingerprint density at radius 3 is 2.22 bits per heavy atom. The van der Waals surface area contributed by atoms with Crippen LogP contribution in [0.4, 0.5) is 0 Å². The number of benzene rings is 2. The molecule has 2 unspecified atom stereocenters. The molecule has 0 heterocycles. The molecular formula is C19H26ClN3O3S. The number of carbonyl (C=O) groups excluding carboxylic acids is 1. The SMILES string of the molecule is Cc1ccc(S(=O)(=O)NCCNC(=O)C(C)C(N)c2ccccc2)cc1.Cl. The van der Waals surface area contributed by atoms with Gasteiger partial charge < -0.3 is 11.1 Å². The van der Waals surface area contributed by atoms with E-state index in [0.29, 0.717) is 0 Å². The quantitative estimate of drug-likeness (QED) is 0.579. The number of hydrogen-bond acceptors (Lipinski definition) is 4. The molecule has 0 spiro atoms. The van der Waals surface area contributed by atoms with E-state index >= 15 is 0 Å². The van der Waals surface area contributed by atoms with Gasteiger partial charge >= 0.3 is 0 Å². The average Bonchev–Trinajstić information content (AvgIpc) is 2.65. The van der Waals surface area contributed by atoms with Crippen molar-refractivity contribution in [3.8, 4) is 0 Å². The molecule has 0 aliphatic rings. The highest BCUT2D eigenvalue weighted by Crippen LogP contribution is 2.18. The Bertz CT molecular complexity index is 827. The Labute approximate surface area is 167 Å². The van der Waals surface area contributed by atoms with Crippen molar-refractivity contribution < 1.29 is 13.2 Å². The van der Waals surface area contributed by atoms with Gasteiger partial charge in [-0.15, -0.1) is 12.4 Å². The van der Waals surface area contributed by atoms with Crippen molar-refractivity contribution in [1.29, 1.82) is 0 Å². The van der Waals surface area contributed by atoms with Crippen LogP contribution in [0.15, 0.2) is 59.5 Å². The van der Waals surface area contributed by atoms with Gasteiger partial charge in [0.15, 0.2) is 0 Å². The highest BCUT2D eigenvalue weighted by Gasteiger charge is 2.22. The summed E-state index contributed by atoms with van der Waals surface area (Å²) in [7, 11) is -3.58. The first-order valence-electron chi connectivity index (χ1n) is 8.46. The number of aryl methyl sites for hydroxylation is 1. The van der Waals surface area contributed by atoms with Crippen LogP contribution in [0.2, 0.25) is 0 Å². The Morgan fingerprint density at radius 2 is 1.63 bits per heavy atom. The van der Waals surface area contributed by atoms with Crippen LogP contribution in [0.1, 0.15) is 24.1 Å². The van der Waals surface area contributed by atoms with E-state index in [2.05, 4.69) is 10.0 Å². The zero-order chi connectivity index (χ0) is 19.2. The molecule has 8 heteroatoms. The molecule has 27 heavy (non-hydrogen) atoms. The van der Waals surface area contributed by atoms with E-state index in [4.69, 9.17) is 5.73 Å². The normalized spacial score (nSPS) is 13.3. The molecule has 0 saturated heterocycles. The molecule has 4 N–H and O–H groups in total. The van der Waals surface area contributed by atoms with Gasteiger partial charge in [-0.05, 0) is 24.6 Å². The standard InChI is InChI=1S/C19H25N3O3S.ClH/c1-14-8-10-17(11-9-14)26(24,25)22-13-12-21-19(23)15(2)18(20)16-6-4-3-5-7-16;/h3-11,15,18,22H,12-13,20H2,1-2H3,(H,21,23);1H. The summed E-state index contributed by atoms with van der Waals surface area (Å²) in [6.07, 6.45) is 0. The first-order chi connectivity index (χ1) is 12.3. The second-order valence-electron chi connectivity index (χ2n) is 6.23. The molecule has 2 aromatic rings. The van der Waals surface area contributed by atoms with Gasteiger partial charge in [-0.2, -0.15) is 0 Å². The van der Waals surface area contributed by atoms with Gasteiger partial charge in [0.25, 0.3) is 0 Å². The van der Waals surface area contributed by atoms with E-state index < -0.39 is 22.0 Å². The van der Waals surface area contributed by atoms with Crippen LogP contribution in [-0.4, -0.2) is 27.4 Å². The van der Waals surface area contributed by atoms with Crippen molar-refractivity contribution >= 4 is 28.3 Å². The van der Waals surface area contributed by atoms with Crippen molar-refractivity contribution in [1.82, 2.24) is 10.0 Å². The van der Waals surface area contributed by atoms with Crippen molar-refractivity contribution in [3.63, 3.8) is 0 Å². The summed E-state index contributed by atoms with van der Waals surface area (Å²) in [5.41, 5.74) is 8.00. The predicted octanol–water partition coefficient (Wildman–Crippen LogP) is 2.15. The summed E-state index contributed by atoms with van der Waals surface area (Å²) < 4.78 is 26.8. The number of carbonyl (C=O) groups is 1. The van der Waals surface area contributed by atoms with Crippen molar-refractivity contribution in [2.45, 2.75) is 24.8 Å². The summed E-state index contributed by atoms with van der Waals surface area (Å²) in [6, 6.07) is 15.6. The van der Waals surface area contributed by atoms with E-state index in [9.17, 15) is 13.2 Å². The fourth-order valence-electron chi connectivity index (χ4n) is 2.46. The molecule has 0 aliphatic carbocycles. The number of nitrogens with one attached hydrogen (secondary N) is 2. The van der Waals surface area contributed by atoms with Crippen molar-refractivity contribution in [2.75, 3.05) is 13.1 Å². The molecule has 2 rings (SSSR count). The monoisotopic (exact) mass is 411 g/mol. The molecule has 0 bridgehead atoms. The summed E-state index contributed by atoms with van der Waals surface area (Å²) in [4.78, 5) is 12.4. The molecule has 6 nitrogen and oxygen atoms in total. The van der Waals surface area contributed by atoms with Crippen LogP contribution >= 0.6 is 12.4 Å². The number of hydrogen-bond donors (Lipinski definition) is 3. The Hall–Kier alpha value is -1.93. The van der Waals surface area contributed by atoms with E-state index in [1.54, 1.807) is 31.2 Å². The molecule has 0 aliphatic heterocycles. The number of sulfonamides is 1. The third-order valence-electron chi connectivity index (χ3n) is 4.18. The van der Waals surface area contributed by atoms with Gasteiger partial charge in [0, 0.05) is 19.1 Å². The lowest BCUT2D eigenvalue weighted by Gasteiger charge is -2.20. The molecule has 148 valence electrons. The van der Waals surface area contributed by atoms with Crippen LogP contribution in [0.3, 0.4) is 0 Å². The average molecular weight is 412 g/mol. The van der Waals surface area contributed by atoms with Crippen LogP contribution in [-0.2, 0) is 14.8 Å². The van der Waals surface area contributed by atoms with E-state index in [1.807, 2.05) is 37.3 Å². The Balaban J connectivity index is 0.00000364. The summed E-state index contributed by atoms with van der Waals surface area (Å²) >= 11 is 0. The first kappa shape index (κ1) is 23.1. The van der Waals surface area contributed by atoms with Crippen molar-refractivity contribution in [2.24, 2.45) is 11.7 Å². The minimum atomic E-state index is -3.58. The van der Waals surface area contributed by atoms with Gasteiger partial charge in [0.1, 0.15) is 0 Å². The maximum absolute atomic E-state index is 12.2. The number of halogens is 1. The van der Waals surface area contributed by atoms with Gasteiger partial charge in [-0.1, -0.05) is 55.0 Å². The number of rotatable bonds is 8. The van der Waals surface area contributed by atoms with Crippen LogP contribution in [0, 0.1) is 12.8 Å². The van der Waals surface area contributed by atoms with E-state index in [0.717, 1.165) is 11.1 Å². The lowest BCUT2D eigenvalue weighted by Crippen LogP contribution is -2.39. The van der Waals surface area contributed by atoms with E-state index in [1.165, 1.54) is 0 Å². The maximum atomic E-state index is 12.2. The predicted molar refractivity (Wildman–Crippen MR) is 109 cm³/mol. The lowest BCUT2D eigenvalue weighted by atomic mass is 9.95. The molecular weight excluding hydrogens is 386 g/mol. The zero-order valence-electron chi connectivity index (χ0n) is 15.4. The summed E-state index contributed by atoms with van der Waals surface area (Å²) in [6.45, 7) is 3.94. The third kappa shape index (κ3) is 6.62. The maximum Gasteiger partial charge on any atom is 0.240 e. The summed E-state index contributed by atoms with van der Waals surface area (Å²) in [5.74, 6) is -0.637. The molecule has 2 atom stereocenters. The molecule has 2 aromatic carbocycles. The number of amides is 1. The second kappa shape index (κ2) is 10.4. The minimum absolute atomic E-state index is 0. The van der Waals surface area contributed by atoms with Gasteiger partial charge in [-0.3, -0.25) is 4.79 Å². The van der Waals surface area contributed by atoms with Crippen LogP contribution < -0.4 is 15.8 Å². The lowest BCUT2D eigenvalue weighted by molar-refractivity contribution is -0.125. The molecule has 1 amide bonds. The Kier molecular flexibility index (Phi) is 8.92. The molecule has 0 fully saturated rings. The highest BCUT2D eigenvalue weighted by atomic mass is 35.5. The largest absolute Gasteiger partial charge is 0.354 e. The van der Waals surface area contributed by atoms with Crippen molar-refractivity contribution in [3.05, 3.63) is 65.7 Å². The highest BCUT2D eigenvalue weighted by molar-refractivity contribution is 7.89. The fourth-order valence-corrected chi connectivity index (χ4v) is 3.49. The minimum Gasteiger partial charge on any atom is -0.354 e. The van der Waals surface area contributed by atoms with Crippen LogP contribution in [0.5, 0.6) is 0 Å². The second-order valence-corrected chi connectivity index (χ2v) is 7.99. The zero-order valence-corrected chi connectivity index (χ0v) is 17.0. The third-order valence-corrected chi connectivity index (χ3v) is 5.66. The fraction of sp³-hybridized carbons (Fsp3) is 0.316. The van der Waals surface area contributed by atoms with Gasteiger partial charge in [-0.25, -0.2) is 13.1 Å². The molecule has 0 radical (unpaired) electrons. The number of nitrogens with two attached hydrogens (primary N) is 1.